The minimum Gasteiger partial charge on any atom is -0.487 e. The number of nitrogens with zero attached hydrogens (tertiary/aromatic N) is 3. The molecule has 8 heteroatoms. The van der Waals surface area contributed by atoms with Crippen LogP contribution in [0, 0.1) is 0 Å². The minimum absolute atomic E-state index is 0.235. The maximum absolute atomic E-state index is 12.8. The number of likely N-dealkylation sites (tertiary alicyclic amines) is 1. The van der Waals surface area contributed by atoms with E-state index in [0.29, 0.717) is 31.7 Å². The number of carbonyl (C=O) groups excluding carboxylic acids is 3. The molecule has 1 spiro atoms. The second kappa shape index (κ2) is 6.54. The van der Waals surface area contributed by atoms with Crippen LogP contribution < -0.4 is 10.1 Å². The van der Waals surface area contributed by atoms with E-state index in [0.717, 1.165) is 4.90 Å². The Bertz CT molecular complexity index is 725. The molecule has 3 rings (SSSR count). The molecule has 2 aliphatic heterocycles. The van der Waals surface area contributed by atoms with Crippen LogP contribution in [0.5, 0.6) is 5.75 Å². The monoisotopic (exact) mass is 344 g/mol. The van der Waals surface area contributed by atoms with Gasteiger partial charge in [0, 0.05) is 26.3 Å². The third kappa shape index (κ3) is 2.95. The van der Waals surface area contributed by atoms with Gasteiger partial charge in [-0.15, -0.1) is 0 Å². The largest absolute Gasteiger partial charge is 0.487 e. The lowest BCUT2D eigenvalue weighted by molar-refractivity contribution is -0.131. The highest BCUT2D eigenvalue weighted by atomic mass is 16.5. The number of piperidine rings is 1. The van der Waals surface area contributed by atoms with Crippen molar-refractivity contribution in [3.63, 3.8) is 0 Å². The van der Waals surface area contributed by atoms with E-state index in [4.69, 9.17) is 4.74 Å². The highest BCUT2D eigenvalue weighted by molar-refractivity contribution is 6.07. The third-order valence-corrected chi connectivity index (χ3v) is 4.60. The molecule has 25 heavy (non-hydrogen) atoms. The van der Waals surface area contributed by atoms with Crippen LogP contribution in [0.2, 0.25) is 0 Å². The van der Waals surface area contributed by atoms with Crippen LogP contribution >= 0.6 is 0 Å². The first-order valence-corrected chi connectivity index (χ1v) is 8.07. The van der Waals surface area contributed by atoms with Gasteiger partial charge in [0.05, 0.1) is 0 Å². The van der Waals surface area contributed by atoms with Crippen molar-refractivity contribution >= 4 is 17.8 Å². The lowest BCUT2D eigenvalue weighted by Crippen LogP contribution is -2.55. The summed E-state index contributed by atoms with van der Waals surface area (Å²) in [7, 11) is 1.46. The number of rotatable bonds is 4. The van der Waals surface area contributed by atoms with Crippen molar-refractivity contribution in [2.75, 3.05) is 26.7 Å². The van der Waals surface area contributed by atoms with Gasteiger partial charge in [0.25, 0.3) is 11.8 Å². The molecule has 1 aromatic rings. The van der Waals surface area contributed by atoms with Crippen LogP contribution in [-0.4, -0.2) is 64.9 Å². The predicted octanol–water partition coefficient (Wildman–Crippen LogP) is 0.803. The van der Waals surface area contributed by atoms with E-state index >= 15 is 0 Å². The van der Waals surface area contributed by atoms with Crippen LogP contribution in [0.4, 0.5) is 4.79 Å². The van der Waals surface area contributed by atoms with Crippen LogP contribution in [-0.2, 0) is 4.79 Å². The van der Waals surface area contributed by atoms with Gasteiger partial charge >= 0.3 is 6.03 Å². The van der Waals surface area contributed by atoms with Crippen molar-refractivity contribution < 1.29 is 19.1 Å². The van der Waals surface area contributed by atoms with Gasteiger partial charge in [-0.25, -0.2) is 9.78 Å². The van der Waals surface area contributed by atoms with E-state index in [1.54, 1.807) is 23.1 Å². The number of carbonyl (C=O) groups is 3. The summed E-state index contributed by atoms with van der Waals surface area (Å²) in [5.41, 5.74) is -0.659. The molecule has 2 fully saturated rings. The molecular formula is C17H20N4O4. The number of aromatic nitrogens is 1. The van der Waals surface area contributed by atoms with E-state index in [9.17, 15) is 14.4 Å². The van der Waals surface area contributed by atoms with Gasteiger partial charge in [0.1, 0.15) is 12.1 Å². The van der Waals surface area contributed by atoms with Crippen molar-refractivity contribution in [1.29, 1.82) is 0 Å². The Hall–Kier alpha value is -2.90. The fourth-order valence-corrected chi connectivity index (χ4v) is 3.15. The number of likely N-dealkylation sites (N-methyl/N-ethyl adjacent to an activating group) is 1. The Kier molecular flexibility index (Phi) is 4.43. The van der Waals surface area contributed by atoms with E-state index in [-0.39, 0.29) is 24.1 Å². The summed E-state index contributed by atoms with van der Waals surface area (Å²) < 4.78 is 5.49. The Morgan fingerprint density at radius 1 is 1.44 bits per heavy atom. The highest BCUT2D eigenvalue weighted by Crippen LogP contribution is 2.30. The Morgan fingerprint density at radius 2 is 2.16 bits per heavy atom. The Morgan fingerprint density at radius 3 is 2.76 bits per heavy atom. The maximum atomic E-state index is 12.8. The van der Waals surface area contributed by atoms with Gasteiger partial charge in [-0.3, -0.25) is 14.5 Å². The van der Waals surface area contributed by atoms with Crippen LogP contribution in [0.3, 0.4) is 0 Å². The summed E-state index contributed by atoms with van der Waals surface area (Å²) in [5, 5.41) is 2.76. The van der Waals surface area contributed by atoms with Crippen molar-refractivity contribution in [3.05, 3.63) is 36.7 Å². The molecule has 2 saturated heterocycles. The summed E-state index contributed by atoms with van der Waals surface area (Å²) in [4.78, 5) is 43.7. The Balaban J connectivity index is 1.72. The summed E-state index contributed by atoms with van der Waals surface area (Å²) >= 11 is 0. The van der Waals surface area contributed by atoms with Gasteiger partial charge in [0.2, 0.25) is 0 Å². The van der Waals surface area contributed by atoms with E-state index in [2.05, 4.69) is 16.9 Å². The normalized spacial score (nSPS) is 19.1. The zero-order valence-electron chi connectivity index (χ0n) is 14.0. The molecule has 8 nitrogen and oxygen atoms in total. The first kappa shape index (κ1) is 16.9. The zero-order chi connectivity index (χ0) is 18.0. The van der Waals surface area contributed by atoms with Gasteiger partial charge in [-0.05, 0) is 25.0 Å². The number of amides is 4. The standard InChI is InChI=1S/C17H20N4O4/c1-3-11-25-12-5-4-8-18-13(12)14(22)21-9-6-17(7-10-21)15(23)20(2)16(24)19-17/h3-5,8H,1,6-7,9-11H2,2H3,(H,19,24). The first-order chi connectivity index (χ1) is 12.0. The lowest BCUT2D eigenvalue weighted by atomic mass is 9.87. The topological polar surface area (TPSA) is 91.8 Å². The summed E-state index contributed by atoms with van der Waals surface area (Å²) in [6, 6.07) is 2.99. The number of urea groups is 1. The molecule has 0 bridgehead atoms. The molecule has 0 aromatic carbocycles. The number of hydrogen-bond donors (Lipinski definition) is 1. The summed E-state index contributed by atoms with van der Waals surface area (Å²) in [6.45, 7) is 4.58. The van der Waals surface area contributed by atoms with Crippen LogP contribution in [0.25, 0.3) is 0 Å². The van der Waals surface area contributed by atoms with Gasteiger partial charge in [0.15, 0.2) is 11.4 Å². The van der Waals surface area contributed by atoms with Crippen molar-refractivity contribution in [1.82, 2.24) is 20.1 Å². The van der Waals surface area contributed by atoms with E-state index in [1.807, 2.05) is 0 Å². The van der Waals surface area contributed by atoms with Gasteiger partial charge < -0.3 is 15.0 Å². The molecule has 4 amide bonds. The average Bonchev–Trinajstić information content (AvgIpc) is 2.84. The van der Waals surface area contributed by atoms with E-state index in [1.165, 1.54) is 13.2 Å². The van der Waals surface area contributed by atoms with Crippen molar-refractivity contribution in [2.24, 2.45) is 0 Å². The molecule has 0 radical (unpaired) electrons. The van der Waals surface area contributed by atoms with E-state index < -0.39 is 11.6 Å². The molecule has 1 aromatic heterocycles. The van der Waals surface area contributed by atoms with Gasteiger partial charge in [-0.2, -0.15) is 0 Å². The predicted molar refractivity (Wildman–Crippen MR) is 89.1 cm³/mol. The fourth-order valence-electron chi connectivity index (χ4n) is 3.15. The number of imide groups is 1. The first-order valence-electron chi connectivity index (χ1n) is 8.07. The lowest BCUT2D eigenvalue weighted by Gasteiger charge is -2.37. The van der Waals surface area contributed by atoms with Crippen molar-refractivity contribution in [3.8, 4) is 5.75 Å². The Labute approximate surface area is 145 Å². The zero-order valence-corrected chi connectivity index (χ0v) is 14.0. The molecule has 2 aliphatic rings. The molecule has 0 unspecified atom stereocenters. The van der Waals surface area contributed by atoms with Crippen LogP contribution in [0.1, 0.15) is 23.3 Å². The molecule has 0 saturated carbocycles. The fraction of sp³-hybridized carbons (Fsp3) is 0.412. The average molecular weight is 344 g/mol. The van der Waals surface area contributed by atoms with Gasteiger partial charge in [-0.1, -0.05) is 12.7 Å². The number of hydrogen-bond acceptors (Lipinski definition) is 5. The van der Waals surface area contributed by atoms with Crippen molar-refractivity contribution in [2.45, 2.75) is 18.4 Å². The highest BCUT2D eigenvalue weighted by Gasteiger charge is 2.51. The molecule has 3 heterocycles. The minimum atomic E-state index is -0.894. The number of ether oxygens (including phenoxy) is 1. The molecule has 0 atom stereocenters. The summed E-state index contributed by atoms with van der Waals surface area (Å²) in [5.74, 6) is -0.0882. The quantitative estimate of drug-likeness (QED) is 0.644. The second-order valence-corrected chi connectivity index (χ2v) is 6.12. The number of pyridine rings is 1. The third-order valence-electron chi connectivity index (χ3n) is 4.60. The maximum Gasteiger partial charge on any atom is 0.324 e. The van der Waals surface area contributed by atoms with Crippen LogP contribution in [0.15, 0.2) is 31.0 Å². The molecule has 1 N–H and O–H groups in total. The second-order valence-electron chi connectivity index (χ2n) is 6.12. The molecule has 132 valence electrons. The molecular weight excluding hydrogens is 324 g/mol. The number of nitrogens with one attached hydrogen (secondary N) is 1. The smallest absolute Gasteiger partial charge is 0.324 e. The summed E-state index contributed by atoms with van der Waals surface area (Å²) in [6.07, 6.45) is 3.89. The SMILES string of the molecule is C=CCOc1cccnc1C(=O)N1CCC2(CC1)NC(=O)N(C)C2=O. The molecule has 0 aliphatic carbocycles.